The minimum absolute atomic E-state index is 0.390. The zero-order valence-electron chi connectivity index (χ0n) is 12.0. The second kappa shape index (κ2) is 7.34. The summed E-state index contributed by atoms with van der Waals surface area (Å²) in [5, 5.41) is 0. The van der Waals surface area contributed by atoms with Gasteiger partial charge in [0.2, 0.25) is 0 Å². The molecule has 1 rings (SSSR count). The van der Waals surface area contributed by atoms with Gasteiger partial charge in [-0.2, -0.15) is 0 Å². The maximum Gasteiger partial charge on any atom is 0.0702 e. The first-order valence-corrected chi connectivity index (χ1v) is 7.06. The van der Waals surface area contributed by atoms with E-state index in [1.54, 1.807) is 0 Å². The van der Waals surface area contributed by atoms with E-state index in [0.29, 0.717) is 18.1 Å². The largest absolute Gasteiger partial charge is 0.377 e. The number of nitrogens with two attached hydrogens (primary N) is 1. The summed E-state index contributed by atoms with van der Waals surface area (Å²) in [6.45, 7) is 9.62. The summed E-state index contributed by atoms with van der Waals surface area (Å²) in [5.41, 5.74) is 5.84. The molecule has 3 heteroatoms. The minimum Gasteiger partial charge on any atom is -0.377 e. The molecule has 1 aliphatic heterocycles. The molecule has 1 aliphatic rings. The summed E-state index contributed by atoms with van der Waals surface area (Å²) in [7, 11) is 2.22. The molecule has 0 aromatic rings. The third kappa shape index (κ3) is 4.94. The van der Waals surface area contributed by atoms with Gasteiger partial charge in [-0.05, 0) is 58.2 Å². The molecule has 17 heavy (non-hydrogen) atoms. The average molecular weight is 242 g/mol. The molecule has 0 aliphatic carbocycles. The van der Waals surface area contributed by atoms with Crippen LogP contribution < -0.4 is 5.73 Å². The van der Waals surface area contributed by atoms with Gasteiger partial charge in [-0.3, -0.25) is 0 Å². The van der Waals surface area contributed by atoms with Crippen molar-refractivity contribution in [2.24, 2.45) is 17.6 Å². The Hall–Kier alpha value is -0.120. The van der Waals surface area contributed by atoms with Gasteiger partial charge in [0.1, 0.15) is 0 Å². The SMILES string of the molecule is CC(C)C[C@H](CN)CCN(C)C1CCOC1C. The highest BCUT2D eigenvalue weighted by Crippen LogP contribution is 2.20. The summed E-state index contributed by atoms with van der Waals surface area (Å²) < 4.78 is 5.62. The van der Waals surface area contributed by atoms with E-state index in [1.807, 2.05) is 0 Å². The molecular weight excluding hydrogens is 212 g/mol. The molecule has 0 bridgehead atoms. The Morgan fingerprint density at radius 3 is 2.59 bits per heavy atom. The van der Waals surface area contributed by atoms with Crippen LogP contribution in [0.3, 0.4) is 0 Å². The zero-order chi connectivity index (χ0) is 12.8. The fraction of sp³-hybridized carbons (Fsp3) is 1.00. The van der Waals surface area contributed by atoms with Gasteiger partial charge >= 0.3 is 0 Å². The minimum atomic E-state index is 0.390. The van der Waals surface area contributed by atoms with E-state index in [1.165, 1.54) is 19.3 Å². The van der Waals surface area contributed by atoms with Gasteiger partial charge in [0.05, 0.1) is 6.10 Å². The summed E-state index contributed by atoms with van der Waals surface area (Å²) in [5.74, 6) is 1.43. The predicted molar refractivity (Wildman–Crippen MR) is 73.1 cm³/mol. The molecule has 3 atom stereocenters. The lowest BCUT2D eigenvalue weighted by Crippen LogP contribution is -2.38. The van der Waals surface area contributed by atoms with Crippen molar-refractivity contribution in [1.29, 1.82) is 0 Å². The number of ether oxygens (including phenoxy) is 1. The quantitative estimate of drug-likeness (QED) is 0.743. The van der Waals surface area contributed by atoms with E-state index < -0.39 is 0 Å². The standard InChI is InChI=1S/C14H30N2O/c1-11(2)9-13(10-15)5-7-16(4)14-6-8-17-12(14)3/h11-14H,5-10,15H2,1-4H3/t12?,13-,14?/m1/s1. The lowest BCUT2D eigenvalue weighted by Gasteiger charge is -2.28. The Morgan fingerprint density at radius 1 is 1.41 bits per heavy atom. The lowest BCUT2D eigenvalue weighted by atomic mass is 9.94. The number of rotatable bonds is 7. The van der Waals surface area contributed by atoms with E-state index in [4.69, 9.17) is 10.5 Å². The molecule has 0 radical (unpaired) electrons. The fourth-order valence-electron chi connectivity index (χ4n) is 2.85. The summed E-state index contributed by atoms with van der Waals surface area (Å²) in [4.78, 5) is 2.46. The van der Waals surface area contributed by atoms with Crippen molar-refractivity contribution in [3.05, 3.63) is 0 Å². The molecule has 1 fully saturated rings. The number of likely N-dealkylation sites (N-methyl/N-ethyl adjacent to an activating group) is 1. The fourth-order valence-corrected chi connectivity index (χ4v) is 2.85. The van der Waals surface area contributed by atoms with E-state index >= 15 is 0 Å². The predicted octanol–water partition coefficient (Wildman–Crippen LogP) is 2.11. The third-order valence-corrected chi connectivity index (χ3v) is 3.93. The summed E-state index contributed by atoms with van der Waals surface area (Å²) >= 11 is 0. The lowest BCUT2D eigenvalue weighted by molar-refractivity contribution is 0.0814. The first kappa shape index (κ1) is 14.9. The molecule has 102 valence electrons. The number of nitrogens with zero attached hydrogens (tertiary/aromatic N) is 1. The molecule has 0 saturated carbocycles. The first-order chi connectivity index (χ1) is 8.04. The molecule has 0 aromatic heterocycles. The maximum atomic E-state index is 5.84. The van der Waals surface area contributed by atoms with E-state index in [2.05, 4.69) is 32.7 Å². The molecule has 3 nitrogen and oxygen atoms in total. The van der Waals surface area contributed by atoms with Crippen molar-refractivity contribution in [2.45, 2.75) is 52.2 Å². The molecule has 1 saturated heterocycles. The summed E-state index contributed by atoms with van der Waals surface area (Å²) in [6, 6.07) is 0.604. The third-order valence-electron chi connectivity index (χ3n) is 3.93. The van der Waals surface area contributed by atoms with Gasteiger partial charge in [0.15, 0.2) is 0 Å². The average Bonchev–Trinajstić information content (AvgIpc) is 2.69. The van der Waals surface area contributed by atoms with Crippen LogP contribution >= 0.6 is 0 Å². The van der Waals surface area contributed by atoms with Crippen molar-refractivity contribution in [3.8, 4) is 0 Å². The Balaban J connectivity index is 2.28. The molecule has 0 spiro atoms. The first-order valence-electron chi connectivity index (χ1n) is 7.06. The van der Waals surface area contributed by atoms with Crippen molar-refractivity contribution < 1.29 is 4.74 Å². The Bertz CT molecular complexity index is 208. The van der Waals surface area contributed by atoms with Crippen LogP contribution in [0.4, 0.5) is 0 Å². The van der Waals surface area contributed by atoms with Crippen molar-refractivity contribution in [3.63, 3.8) is 0 Å². The topological polar surface area (TPSA) is 38.5 Å². The van der Waals surface area contributed by atoms with Crippen LogP contribution in [0.2, 0.25) is 0 Å². The highest BCUT2D eigenvalue weighted by atomic mass is 16.5. The van der Waals surface area contributed by atoms with Crippen LogP contribution in [0.25, 0.3) is 0 Å². The van der Waals surface area contributed by atoms with Gasteiger partial charge in [-0.15, -0.1) is 0 Å². The number of hydrogen-bond acceptors (Lipinski definition) is 3. The van der Waals surface area contributed by atoms with Gasteiger partial charge in [0.25, 0.3) is 0 Å². The van der Waals surface area contributed by atoms with Crippen LogP contribution in [0, 0.1) is 11.8 Å². The second-order valence-electron chi connectivity index (χ2n) is 5.93. The van der Waals surface area contributed by atoms with Crippen LogP contribution in [-0.4, -0.2) is 43.8 Å². The van der Waals surface area contributed by atoms with Crippen LogP contribution in [0.15, 0.2) is 0 Å². The molecule has 0 amide bonds. The monoisotopic (exact) mass is 242 g/mol. The Labute approximate surface area is 107 Å². The molecular formula is C14H30N2O. The highest BCUT2D eigenvalue weighted by Gasteiger charge is 2.27. The van der Waals surface area contributed by atoms with E-state index in [-0.39, 0.29) is 0 Å². The molecule has 1 heterocycles. The van der Waals surface area contributed by atoms with E-state index in [0.717, 1.165) is 25.6 Å². The molecule has 2 N–H and O–H groups in total. The number of hydrogen-bond donors (Lipinski definition) is 1. The normalized spacial score (nSPS) is 27.0. The summed E-state index contributed by atoms with van der Waals surface area (Å²) in [6.07, 6.45) is 4.03. The van der Waals surface area contributed by atoms with Crippen LogP contribution in [0.1, 0.15) is 40.0 Å². The Kier molecular flexibility index (Phi) is 6.45. The molecule has 0 aromatic carbocycles. The van der Waals surface area contributed by atoms with Gasteiger partial charge < -0.3 is 15.4 Å². The Morgan fingerprint density at radius 2 is 2.12 bits per heavy atom. The van der Waals surface area contributed by atoms with Crippen molar-refractivity contribution >= 4 is 0 Å². The zero-order valence-corrected chi connectivity index (χ0v) is 12.0. The van der Waals surface area contributed by atoms with Gasteiger partial charge in [-0.25, -0.2) is 0 Å². The maximum absolute atomic E-state index is 5.84. The van der Waals surface area contributed by atoms with Crippen molar-refractivity contribution in [1.82, 2.24) is 4.90 Å². The van der Waals surface area contributed by atoms with Gasteiger partial charge in [0, 0.05) is 12.6 Å². The smallest absolute Gasteiger partial charge is 0.0702 e. The highest BCUT2D eigenvalue weighted by molar-refractivity contribution is 4.80. The van der Waals surface area contributed by atoms with Crippen LogP contribution in [-0.2, 0) is 4.74 Å². The molecule has 2 unspecified atom stereocenters. The van der Waals surface area contributed by atoms with Crippen molar-refractivity contribution in [2.75, 3.05) is 26.7 Å². The second-order valence-corrected chi connectivity index (χ2v) is 5.93. The van der Waals surface area contributed by atoms with Crippen LogP contribution in [0.5, 0.6) is 0 Å². The van der Waals surface area contributed by atoms with E-state index in [9.17, 15) is 0 Å². The van der Waals surface area contributed by atoms with Gasteiger partial charge in [-0.1, -0.05) is 13.8 Å².